The smallest absolute Gasteiger partial charge is 0.297 e. The minimum Gasteiger partial charge on any atom is -0.432 e. The number of anilines is 1. The van der Waals surface area contributed by atoms with Gasteiger partial charge in [0.25, 0.3) is 6.01 Å². The van der Waals surface area contributed by atoms with Gasteiger partial charge >= 0.3 is 0 Å². The molecule has 1 aromatic heterocycles. The van der Waals surface area contributed by atoms with Crippen molar-refractivity contribution in [3.8, 4) is 0 Å². The van der Waals surface area contributed by atoms with Crippen LogP contribution in [0.15, 0.2) is 10.7 Å². The van der Waals surface area contributed by atoms with Crippen LogP contribution in [0, 0.1) is 0 Å². The molecule has 19 heavy (non-hydrogen) atoms. The van der Waals surface area contributed by atoms with Crippen molar-refractivity contribution in [1.29, 1.82) is 0 Å². The fourth-order valence-electron chi connectivity index (χ4n) is 2.29. The summed E-state index contributed by atoms with van der Waals surface area (Å²) in [5.74, 6) is 0. The van der Waals surface area contributed by atoms with Gasteiger partial charge in [-0.05, 0) is 32.7 Å². The molecule has 1 fully saturated rings. The Kier molecular flexibility index (Phi) is 5.66. The fraction of sp³-hybridized carbons (Fsp3) is 0.786. The van der Waals surface area contributed by atoms with E-state index in [0.29, 0.717) is 12.1 Å². The molecule has 1 unspecified atom stereocenters. The molecule has 0 aliphatic carbocycles. The van der Waals surface area contributed by atoms with Gasteiger partial charge in [-0.1, -0.05) is 6.92 Å². The number of oxazole rings is 1. The van der Waals surface area contributed by atoms with Crippen molar-refractivity contribution in [3.05, 3.63) is 12.0 Å². The van der Waals surface area contributed by atoms with E-state index in [-0.39, 0.29) is 0 Å². The lowest BCUT2D eigenvalue weighted by molar-refractivity contribution is 0.115. The Morgan fingerprint density at radius 2 is 2.37 bits per heavy atom. The molecule has 1 aliphatic rings. The molecule has 2 rings (SSSR count). The number of ether oxygens (including phenoxy) is 1. The van der Waals surface area contributed by atoms with Crippen molar-refractivity contribution >= 4 is 6.01 Å². The average molecular weight is 267 g/mol. The van der Waals surface area contributed by atoms with Crippen molar-refractivity contribution in [3.63, 3.8) is 0 Å². The first-order chi connectivity index (χ1) is 9.33. The highest BCUT2D eigenvalue weighted by Crippen LogP contribution is 2.18. The van der Waals surface area contributed by atoms with Crippen LogP contribution in [0.5, 0.6) is 0 Å². The van der Waals surface area contributed by atoms with Gasteiger partial charge in [0.05, 0.1) is 11.8 Å². The third-order valence-electron chi connectivity index (χ3n) is 3.37. The van der Waals surface area contributed by atoms with Gasteiger partial charge in [0.15, 0.2) is 0 Å². The molecule has 5 heteroatoms. The van der Waals surface area contributed by atoms with E-state index in [1.54, 1.807) is 6.26 Å². The average Bonchev–Trinajstić information content (AvgIpc) is 3.07. The summed E-state index contributed by atoms with van der Waals surface area (Å²) in [5, 5.41) is 3.33. The second kappa shape index (κ2) is 7.50. The van der Waals surface area contributed by atoms with Crippen LogP contribution in [-0.2, 0) is 11.3 Å². The van der Waals surface area contributed by atoms with Gasteiger partial charge in [0.1, 0.15) is 6.26 Å². The topological polar surface area (TPSA) is 50.5 Å². The van der Waals surface area contributed by atoms with E-state index < -0.39 is 0 Å². The third kappa shape index (κ3) is 4.21. The predicted molar refractivity (Wildman–Crippen MR) is 75.4 cm³/mol. The first kappa shape index (κ1) is 14.3. The Balaban J connectivity index is 1.86. The number of hydrogen-bond acceptors (Lipinski definition) is 5. The number of nitrogens with zero attached hydrogens (tertiary/aromatic N) is 2. The van der Waals surface area contributed by atoms with Gasteiger partial charge in [-0.15, -0.1) is 0 Å². The number of aromatic nitrogens is 1. The molecular formula is C14H25N3O2. The van der Waals surface area contributed by atoms with E-state index >= 15 is 0 Å². The minimum atomic E-state index is 0.327. The largest absolute Gasteiger partial charge is 0.432 e. The van der Waals surface area contributed by atoms with Crippen molar-refractivity contribution in [2.75, 3.05) is 31.1 Å². The van der Waals surface area contributed by atoms with E-state index in [9.17, 15) is 0 Å². The molecule has 1 aliphatic heterocycles. The highest BCUT2D eigenvalue weighted by molar-refractivity contribution is 5.27. The monoisotopic (exact) mass is 267 g/mol. The van der Waals surface area contributed by atoms with Crippen LogP contribution in [-0.4, -0.2) is 37.3 Å². The van der Waals surface area contributed by atoms with Gasteiger partial charge in [-0.3, -0.25) is 0 Å². The van der Waals surface area contributed by atoms with E-state index in [0.717, 1.165) is 51.3 Å². The number of nitrogens with one attached hydrogen (secondary N) is 1. The summed E-state index contributed by atoms with van der Waals surface area (Å²) in [5.41, 5.74) is 0.967. The third-order valence-corrected chi connectivity index (χ3v) is 3.37. The SMILES string of the molecule is CCCNCc1coc(N(CC)CC2CCCO2)n1. The molecule has 0 aromatic carbocycles. The van der Waals surface area contributed by atoms with Crippen molar-refractivity contribution in [1.82, 2.24) is 10.3 Å². The Morgan fingerprint density at radius 1 is 1.47 bits per heavy atom. The first-order valence-corrected chi connectivity index (χ1v) is 7.35. The highest BCUT2D eigenvalue weighted by atomic mass is 16.5. The molecule has 0 amide bonds. The van der Waals surface area contributed by atoms with Gasteiger partial charge < -0.3 is 19.4 Å². The maximum Gasteiger partial charge on any atom is 0.297 e. The second-order valence-electron chi connectivity index (χ2n) is 4.97. The molecule has 0 bridgehead atoms. The lowest BCUT2D eigenvalue weighted by atomic mass is 10.2. The van der Waals surface area contributed by atoms with Crippen molar-refractivity contribution in [2.24, 2.45) is 0 Å². The van der Waals surface area contributed by atoms with Crippen LogP contribution in [0.4, 0.5) is 6.01 Å². The second-order valence-corrected chi connectivity index (χ2v) is 4.97. The van der Waals surface area contributed by atoms with Crippen LogP contribution in [0.2, 0.25) is 0 Å². The molecule has 2 heterocycles. The van der Waals surface area contributed by atoms with E-state index in [1.807, 2.05) is 0 Å². The first-order valence-electron chi connectivity index (χ1n) is 7.35. The molecule has 108 valence electrons. The number of hydrogen-bond donors (Lipinski definition) is 1. The standard InChI is InChI=1S/C14H25N3O2/c1-3-7-15-9-12-11-19-14(16-12)17(4-2)10-13-6-5-8-18-13/h11,13,15H,3-10H2,1-2H3. The normalized spacial score (nSPS) is 18.9. The van der Waals surface area contributed by atoms with Crippen LogP contribution >= 0.6 is 0 Å². The van der Waals surface area contributed by atoms with Crippen molar-refractivity contribution < 1.29 is 9.15 Å². The molecule has 1 atom stereocenters. The maximum atomic E-state index is 5.67. The quantitative estimate of drug-likeness (QED) is 0.732. The molecular weight excluding hydrogens is 242 g/mol. The van der Waals surface area contributed by atoms with Crippen LogP contribution < -0.4 is 10.2 Å². The summed E-state index contributed by atoms with van der Waals surface area (Å²) >= 11 is 0. The Hall–Kier alpha value is -1.07. The molecule has 0 spiro atoms. The van der Waals surface area contributed by atoms with Crippen LogP contribution in [0.3, 0.4) is 0 Å². The van der Waals surface area contributed by atoms with E-state index in [4.69, 9.17) is 9.15 Å². The summed E-state index contributed by atoms with van der Waals surface area (Å²) in [6.45, 7) is 8.71. The molecule has 1 N–H and O–H groups in total. The van der Waals surface area contributed by atoms with Gasteiger partial charge in [0.2, 0.25) is 0 Å². The summed E-state index contributed by atoms with van der Waals surface area (Å²) in [6, 6.07) is 0.714. The summed E-state index contributed by atoms with van der Waals surface area (Å²) in [4.78, 5) is 6.69. The zero-order valence-corrected chi connectivity index (χ0v) is 12.0. The van der Waals surface area contributed by atoms with Gasteiger partial charge in [-0.25, -0.2) is 0 Å². The molecule has 0 radical (unpaired) electrons. The van der Waals surface area contributed by atoms with E-state index in [2.05, 4.69) is 29.0 Å². The van der Waals surface area contributed by atoms with Gasteiger partial charge in [-0.2, -0.15) is 4.98 Å². The van der Waals surface area contributed by atoms with E-state index in [1.165, 1.54) is 6.42 Å². The summed E-state index contributed by atoms with van der Waals surface area (Å²) in [6.07, 6.45) is 5.51. The highest BCUT2D eigenvalue weighted by Gasteiger charge is 2.21. The summed E-state index contributed by atoms with van der Waals surface area (Å²) in [7, 11) is 0. The Labute approximate surface area is 115 Å². The van der Waals surface area contributed by atoms with Gasteiger partial charge in [0, 0.05) is 26.2 Å². The molecule has 0 saturated carbocycles. The number of rotatable bonds is 8. The zero-order valence-electron chi connectivity index (χ0n) is 12.0. The molecule has 1 saturated heterocycles. The van der Waals surface area contributed by atoms with Crippen LogP contribution in [0.1, 0.15) is 38.8 Å². The zero-order chi connectivity index (χ0) is 13.5. The fourth-order valence-corrected chi connectivity index (χ4v) is 2.29. The lowest BCUT2D eigenvalue weighted by Gasteiger charge is -2.21. The van der Waals surface area contributed by atoms with Crippen LogP contribution in [0.25, 0.3) is 0 Å². The van der Waals surface area contributed by atoms with Crippen molar-refractivity contribution in [2.45, 2.75) is 45.8 Å². The lowest BCUT2D eigenvalue weighted by Crippen LogP contribution is -2.32. The Morgan fingerprint density at radius 3 is 3.05 bits per heavy atom. The summed E-state index contributed by atoms with van der Waals surface area (Å²) < 4.78 is 11.2. The predicted octanol–water partition coefficient (Wildman–Crippen LogP) is 2.18. The molecule has 1 aromatic rings. The maximum absolute atomic E-state index is 5.67. The minimum absolute atomic E-state index is 0.327. The Bertz CT molecular complexity index is 361. The molecule has 5 nitrogen and oxygen atoms in total. The number of likely N-dealkylation sites (N-methyl/N-ethyl adjacent to an activating group) is 1.